The normalized spacial score (nSPS) is 17.6. The Morgan fingerprint density at radius 3 is 2.61 bits per heavy atom. The third-order valence-electron chi connectivity index (χ3n) is 6.47. The molecule has 1 aliphatic carbocycles. The van der Waals surface area contributed by atoms with Gasteiger partial charge in [0.25, 0.3) is 11.8 Å². The molecule has 2 fully saturated rings. The summed E-state index contributed by atoms with van der Waals surface area (Å²) in [5.41, 5.74) is 3.71. The maximum absolute atomic E-state index is 13.1. The molecular weight excluding hydrogens is 560 g/mol. The molecule has 6 nitrogen and oxygen atoms in total. The molecule has 2 amide bonds. The highest BCUT2D eigenvalue weighted by molar-refractivity contribution is 9.10. The minimum absolute atomic E-state index is 0.0228. The van der Waals surface area contributed by atoms with Crippen molar-refractivity contribution in [2.75, 3.05) is 19.0 Å². The quantitative estimate of drug-likeness (QED) is 0.289. The number of aryl methyl sites for hydroxylation is 2. The molecule has 0 unspecified atom stereocenters. The van der Waals surface area contributed by atoms with Crippen LogP contribution in [0.25, 0.3) is 6.08 Å². The van der Waals surface area contributed by atoms with Crippen LogP contribution in [0.15, 0.2) is 39.7 Å². The first kappa shape index (κ1) is 26.7. The zero-order valence-electron chi connectivity index (χ0n) is 20.6. The van der Waals surface area contributed by atoms with E-state index in [-0.39, 0.29) is 24.5 Å². The SMILES string of the molecule is COc1cc(/C=C2/SC(=S)N(C3CCCCC3)C2=O)ccc1OCC(=O)Nc1cc(C)c(C)cc1Br. The van der Waals surface area contributed by atoms with Gasteiger partial charge >= 0.3 is 0 Å². The molecule has 9 heteroatoms. The summed E-state index contributed by atoms with van der Waals surface area (Å²) in [7, 11) is 1.54. The lowest BCUT2D eigenvalue weighted by atomic mass is 9.94. The number of carbonyl (C=O) groups excluding carboxylic acids is 2. The number of hydrogen-bond acceptors (Lipinski definition) is 6. The molecule has 2 aliphatic rings. The first-order chi connectivity index (χ1) is 17.3. The Bertz CT molecular complexity index is 1220. The van der Waals surface area contributed by atoms with Gasteiger partial charge in [-0.25, -0.2) is 0 Å². The molecule has 1 heterocycles. The van der Waals surface area contributed by atoms with Gasteiger partial charge in [0.1, 0.15) is 4.32 Å². The number of nitrogens with one attached hydrogen (secondary N) is 1. The van der Waals surface area contributed by atoms with Crippen LogP contribution in [0.4, 0.5) is 5.69 Å². The summed E-state index contributed by atoms with van der Waals surface area (Å²) in [6.07, 6.45) is 7.35. The summed E-state index contributed by atoms with van der Waals surface area (Å²) < 4.78 is 12.7. The Hall–Kier alpha value is -2.36. The predicted molar refractivity (Wildman–Crippen MR) is 153 cm³/mol. The van der Waals surface area contributed by atoms with Gasteiger partial charge in [0, 0.05) is 10.5 Å². The second kappa shape index (κ2) is 11.8. The van der Waals surface area contributed by atoms with Gasteiger partial charge < -0.3 is 14.8 Å². The molecule has 0 radical (unpaired) electrons. The molecule has 2 aromatic carbocycles. The number of nitrogens with zero attached hydrogens (tertiary/aromatic N) is 1. The van der Waals surface area contributed by atoms with Crippen LogP contribution >= 0.6 is 39.9 Å². The van der Waals surface area contributed by atoms with Crippen LogP contribution in [0.3, 0.4) is 0 Å². The molecule has 0 aromatic heterocycles. The number of thiocarbonyl (C=S) groups is 1. The van der Waals surface area contributed by atoms with Crippen molar-refractivity contribution in [3.63, 3.8) is 0 Å². The van der Waals surface area contributed by atoms with Gasteiger partial charge in [-0.2, -0.15) is 0 Å². The van der Waals surface area contributed by atoms with Crippen molar-refractivity contribution in [3.05, 3.63) is 56.4 Å². The van der Waals surface area contributed by atoms with Gasteiger partial charge in [-0.3, -0.25) is 14.5 Å². The summed E-state index contributed by atoms with van der Waals surface area (Å²) >= 11 is 10.4. The Balaban J connectivity index is 1.42. The Morgan fingerprint density at radius 1 is 1.17 bits per heavy atom. The summed E-state index contributed by atoms with van der Waals surface area (Å²) in [6.45, 7) is 3.84. The first-order valence-electron chi connectivity index (χ1n) is 11.9. The van der Waals surface area contributed by atoms with Crippen molar-refractivity contribution in [2.24, 2.45) is 0 Å². The van der Waals surface area contributed by atoms with Gasteiger partial charge in [0.2, 0.25) is 0 Å². The number of rotatable bonds is 7. The van der Waals surface area contributed by atoms with E-state index in [1.807, 2.05) is 38.1 Å². The van der Waals surface area contributed by atoms with Crippen molar-refractivity contribution >= 4 is 67.8 Å². The zero-order chi connectivity index (χ0) is 25.8. The number of thioether (sulfide) groups is 1. The van der Waals surface area contributed by atoms with E-state index in [9.17, 15) is 9.59 Å². The number of benzene rings is 2. The van der Waals surface area contributed by atoms with E-state index in [4.69, 9.17) is 21.7 Å². The van der Waals surface area contributed by atoms with Crippen LogP contribution in [0, 0.1) is 13.8 Å². The monoisotopic (exact) mass is 588 g/mol. The summed E-state index contributed by atoms with van der Waals surface area (Å²) in [5, 5.41) is 2.87. The van der Waals surface area contributed by atoms with Crippen LogP contribution in [0.2, 0.25) is 0 Å². The van der Waals surface area contributed by atoms with E-state index in [1.165, 1.54) is 18.2 Å². The van der Waals surface area contributed by atoms with Crippen LogP contribution in [-0.4, -0.2) is 40.8 Å². The number of hydrogen-bond donors (Lipinski definition) is 1. The number of halogens is 1. The molecule has 2 aromatic rings. The third kappa shape index (κ3) is 6.12. The van der Waals surface area contributed by atoms with E-state index in [0.29, 0.717) is 26.4 Å². The Morgan fingerprint density at radius 2 is 1.89 bits per heavy atom. The molecule has 0 bridgehead atoms. The van der Waals surface area contributed by atoms with Gasteiger partial charge in [0.05, 0.1) is 17.7 Å². The molecule has 190 valence electrons. The van der Waals surface area contributed by atoms with Crippen LogP contribution < -0.4 is 14.8 Å². The second-order valence-electron chi connectivity index (χ2n) is 9.01. The lowest BCUT2D eigenvalue weighted by Crippen LogP contribution is -2.39. The number of amides is 2. The molecule has 1 aliphatic heterocycles. The van der Waals surface area contributed by atoms with Crippen molar-refractivity contribution < 1.29 is 19.1 Å². The van der Waals surface area contributed by atoms with Crippen LogP contribution in [0.1, 0.15) is 48.8 Å². The highest BCUT2D eigenvalue weighted by Gasteiger charge is 2.37. The van der Waals surface area contributed by atoms with Gasteiger partial charge in [-0.05, 0) is 89.7 Å². The third-order valence-corrected chi connectivity index (χ3v) is 8.45. The number of methoxy groups -OCH3 is 1. The van der Waals surface area contributed by atoms with Crippen LogP contribution in [0.5, 0.6) is 11.5 Å². The van der Waals surface area contributed by atoms with Crippen molar-refractivity contribution in [1.82, 2.24) is 4.90 Å². The van der Waals surface area contributed by atoms with Crippen LogP contribution in [-0.2, 0) is 9.59 Å². The predicted octanol–water partition coefficient (Wildman–Crippen LogP) is 6.63. The molecular formula is C27H29BrN2O4S2. The van der Waals surface area contributed by atoms with Crippen molar-refractivity contribution in [3.8, 4) is 11.5 Å². The maximum Gasteiger partial charge on any atom is 0.266 e. The molecule has 4 rings (SSSR count). The Kier molecular flexibility index (Phi) is 8.74. The highest BCUT2D eigenvalue weighted by atomic mass is 79.9. The fraction of sp³-hybridized carbons (Fsp3) is 0.370. The summed E-state index contributed by atoms with van der Waals surface area (Å²) in [6, 6.07) is 9.47. The molecule has 1 saturated heterocycles. The molecule has 0 atom stereocenters. The summed E-state index contributed by atoms with van der Waals surface area (Å²) in [4.78, 5) is 28.0. The highest BCUT2D eigenvalue weighted by Crippen LogP contribution is 2.38. The topological polar surface area (TPSA) is 67.9 Å². The Labute approximate surface area is 229 Å². The van der Waals surface area contributed by atoms with Crippen molar-refractivity contribution in [2.45, 2.75) is 52.0 Å². The average molecular weight is 590 g/mol. The van der Waals surface area contributed by atoms with Gasteiger partial charge in [-0.1, -0.05) is 49.3 Å². The van der Waals surface area contributed by atoms with Gasteiger partial charge in [-0.15, -0.1) is 0 Å². The van der Waals surface area contributed by atoms with E-state index in [1.54, 1.807) is 24.1 Å². The molecule has 36 heavy (non-hydrogen) atoms. The number of anilines is 1. The average Bonchev–Trinajstić information content (AvgIpc) is 3.14. The number of ether oxygens (including phenoxy) is 2. The fourth-order valence-corrected chi connectivity index (χ4v) is 6.34. The first-order valence-corrected chi connectivity index (χ1v) is 13.9. The zero-order valence-corrected chi connectivity index (χ0v) is 23.8. The van der Waals surface area contributed by atoms with E-state index < -0.39 is 0 Å². The second-order valence-corrected chi connectivity index (χ2v) is 11.5. The van der Waals surface area contributed by atoms with E-state index >= 15 is 0 Å². The lowest BCUT2D eigenvalue weighted by Gasteiger charge is -2.29. The fourth-order valence-electron chi connectivity index (χ4n) is 4.38. The van der Waals surface area contributed by atoms with Gasteiger partial charge in [0.15, 0.2) is 18.1 Å². The van der Waals surface area contributed by atoms with Crippen molar-refractivity contribution in [1.29, 1.82) is 0 Å². The smallest absolute Gasteiger partial charge is 0.266 e. The molecule has 1 saturated carbocycles. The maximum atomic E-state index is 13.1. The molecule has 0 spiro atoms. The standard InChI is InChI=1S/C27H29BrN2O4S2/c1-16-11-20(28)21(12-17(16)2)29-25(31)15-34-22-10-9-18(13-23(22)33-3)14-24-26(32)30(27(35)36-24)19-7-5-4-6-8-19/h9-14,19H,4-8,15H2,1-3H3,(H,29,31)/b24-14+. The number of carbonyl (C=O) groups is 2. The van der Waals surface area contributed by atoms with E-state index in [0.717, 1.165) is 46.8 Å². The molecule has 1 N–H and O–H groups in total. The summed E-state index contributed by atoms with van der Waals surface area (Å²) in [5.74, 6) is 0.618. The van der Waals surface area contributed by atoms with E-state index in [2.05, 4.69) is 21.2 Å². The minimum Gasteiger partial charge on any atom is -0.493 e. The minimum atomic E-state index is -0.281. The lowest BCUT2D eigenvalue weighted by molar-refractivity contribution is -0.124. The largest absolute Gasteiger partial charge is 0.493 e.